The van der Waals surface area contributed by atoms with Crippen LogP contribution in [0.1, 0.15) is 20.3 Å². The molecular weight excluding hydrogens is 236 g/mol. The molecule has 3 atom stereocenters. The normalized spacial score (nSPS) is 32.4. The fourth-order valence-corrected chi connectivity index (χ4v) is 2.39. The van der Waals surface area contributed by atoms with E-state index in [4.69, 9.17) is 9.47 Å². The van der Waals surface area contributed by atoms with Gasteiger partial charge in [0.2, 0.25) is 11.8 Å². The van der Waals surface area contributed by atoms with E-state index in [2.05, 4.69) is 5.32 Å². The van der Waals surface area contributed by atoms with Gasteiger partial charge < -0.3 is 19.7 Å². The monoisotopic (exact) mass is 256 g/mol. The van der Waals surface area contributed by atoms with Gasteiger partial charge in [0, 0.05) is 7.11 Å². The van der Waals surface area contributed by atoms with Crippen LogP contribution in [0, 0.1) is 5.92 Å². The Morgan fingerprint density at radius 3 is 2.83 bits per heavy atom. The minimum absolute atomic E-state index is 0.0290. The molecule has 102 valence electrons. The average molecular weight is 256 g/mol. The molecule has 0 aromatic heterocycles. The van der Waals surface area contributed by atoms with E-state index in [0.717, 1.165) is 0 Å². The van der Waals surface area contributed by atoms with E-state index in [1.165, 1.54) is 7.11 Å². The molecule has 2 rings (SSSR count). The zero-order valence-corrected chi connectivity index (χ0v) is 11.0. The molecule has 2 saturated heterocycles. The Morgan fingerprint density at radius 2 is 2.22 bits per heavy atom. The molecule has 1 unspecified atom stereocenters. The summed E-state index contributed by atoms with van der Waals surface area (Å²) in [5.74, 6) is 0.198. The van der Waals surface area contributed by atoms with Crippen LogP contribution in [0.25, 0.3) is 0 Å². The number of hydrogen-bond donors (Lipinski definition) is 1. The van der Waals surface area contributed by atoms with Crippen LogP contribution in [-0.2, 0) is 19.1 Å². The second-order valence-electron chi connectivity index (χ2n) is 5.20. The van der Waals surface area contributed by atoms with Crippen LogP contribution in [0.4, 0.5) is 0 Å². The van der Waals surface area contributed by atoms with Crippen molar-refractivity contribution < 1.29 is 19.1 Å². The zero-order valence-electron chi connectivity index (χ0n) is 11.0. The number of morpholine rings is 1. The Bertz CT molecular complexity index is 345. The Balaban J connectivity index is 2.10. The third kappa shape index (κ3) is 2.49. The largest absolute Gasteiger partial charge is 0.354 e. The summed E-state index contributed by atoms with van der Waals surface area (Å²) < 4.78 is 10.4. The number of amides is 2. The van der Waals surface area contributed by atoms with Gasteiger partial charge in [0.05, 0.1) is 13.2 Å². The zero-order chi connectivity index (χ0) is 13.3. The van der Waals surface area contributed by atoms with Gasteiger partial charge in [-0.05, 0) is 12.3 Å². The molecule has 0 bridgehead atoms. The van der Waals surface area contributed by atoms with Crippen molar-refractivity contribution in [2.75, 3.05) is 20.3 Å². The van der Waals surface area contributed by atoms with Crippen LogP contribution in [0.3, 0.4) is 0 Å². The highest BCUT2D eigenvalue weighted by Gasteiger charge is 2.44. The van der Waals surface area contributed by atoms with E-state index in [0.29, 0.717) is 18.9 Å². The summed E-state index contributed by atoms with van der Waals surface area (Å²) in [5.41, 5.74) is 0. The van der Waals surface area contributed by atoms with Crippen molar-refractivity contribution in [1.29, 1.82) is 0 Å². The van der Waals surface area contributed by atoms with E-state index >= 15 is 0 Å². The van der Waals surface area contributed by atoms with Crippen molar-refractivity contribution in [2.24, 2.45) is 5.92 Å². The third-order valence-corrected chi connectivity index (χ3v) is 3.33. The van der Waals surface area contributed by atoms with Crippen molar-refractivity contribution in [2.45, 2.75) is 38.6 Å². The smallest absolute Gasteiger partial charge is 0.246 e. The lowest BCUT2D eigenvalue weighted by Crippen LogP contribution is -2.68. The van der Waals surface area contributed by atoms with Gasteiger partial charge in [-0.3, -0.25) is 9.59 Å². The van der Waals surface area contributed by atoms with Gasteiger partial charge in [0.15, 0.2) is 6.29 Å². The minimum atomic E-state index is -0.507. The lowest BCUT2D eigenvalue weighted by molar-refractivity contribution is -0.196. The van der Waals surface area contributed by atoms with Gasteiger partial charge in [-0.15, -0.1) is 0 Å². The van der Waals surface area contributed by atoms with Crippen molar-refractivity contribution in [3.63, 3.8) is 0 Å². The molecule has 0 spiro atoms. The molecule has 2 aliphatic heterocycles. The van der Waals surface area contributed by atoms with Crippen molar-refractivity contribution in [3.8, 4) is 0 Å². The minimum Gasteiger partial charge on any atom is -0.354 e. The number of methoxy groups -OCH3 is 1. The number of carbonyl (C=O) groups excluding carboxylic acids is 2. The number of nitrogens with zero attached hydrogens (tertiary/aromatic N) is 1. The average Bonchev–Trinajstić information content (AvgIpc) is 2.34. The van der Waals surface area contributed by atoms with E-state index in [9.17, 15) is 9.59 Å². The second kappa shape index (κ2) is 5.24. The lowest BCUT2D eigenvalue weighted by atomic mass is 9.98. The van der Waals surface area contributed by atoms with Gasteiger partial charge in [-0.1, -0.05) is 13.8 Å². The molecule has 0 radical (unpaired) electrons. The van der Waals surface area contributed by atoms with Crippen LogP contribution >= 0.6 is 0 Å². The number of nitrogens with one attached hydrogen (secondary N) is 1. The van der Waals surface area contributed by atoms with Crippen molar-refractivity contribution >= 4 is 11.8 Å². The molecule has 1 N–H and O–H groups in total. The third-order valence-electron chi connectivity index (χ3n) is 3.33. The maximum absolute atomic E-state index is 12.3. The summed E-state index contributed by atoms with van der Waals surface area (Å²) in [7, 11) is 1.53. The number of ether oxygens (including phenoxy) is 2. The van der Waals surface area contributed by atoms with Gasteiger partial charge in [-0.25, -0.2) is 0 Å². The Morgan fingerprint density at radius 1 is 1.50 bits per heavy atom. The molecular formula is C12H20N2O4. The molecule has 6 nitrogen and oxygen atoms in total. The number of fused-ring (bicyclic) bond motifs is 1. The van der Waals surface area contributed by atoms with Gasteiger partial charge in [-0.2, -0.15) is 0 Å². The summed E-state index contributed by atoms with van der Waals surface area (Å²) in [6, 6.07) is -0.920. The first-order valence-corrected chi connectivity index (χ1v) is 6.28. The predicted octanol–water partition coefficient (Wildman–Crippen LogP) is -0.269. The molecule has 0 aromatic carbocycles. The predicted molar refractivity (Wildman–Crippen MR) is 63.6 cm³/mol. The highest BCUT2D eigenvalue weighted by atomic mass is 16.7. The SMILES string of the molecule is COC1CN2C(=O)[C@H](CC(C)C)NC(=O)[C@@H]2CO1. The van der Waals surface area contributed by atoms with E-state index in [-0.39, 0.29) is 18.4 Å². The molecule has 2 aliphatic rings. The highest BCUT2D eigenvalue weighted by molar-refractivity contribution is 5.97. The van der Waals surface area contributed by atoms with Crippen LogP contribution < -0.4 is 5.32 Å². The van der Waals surface area contributed by atoms with Gasteiger partial charge in [0.1, 0.15) is 12.1 Å². The summed E-state index contributed by atoms with van der Waals surface area (Å²) in [5, 5.41) is 2.78. The number of carbonyl (C=O) groups is 2. The van der Waals surface area contributed by atoms with Crippen molar-refractivity contribution in [1.82, 2.24) is 10.2 Å². The van der Waals surface area contributed by atoms with Gasteiger partial charge >= 0.3 is 0 Å². The van der Waals surface area contributed by atoms with Crippen molar-refractivity contribution in [3.05, 3.63) is 0 Å². The first-order chi connectivity index (χ1) is 8.52. The van der Waals surface area contributed by atoms with Gasteiger partial charge in [0.25, 0.3) is 0 Å². The molecule has 6 heteroatoms. The quantitative estimate of drug-likeness (QED) is 0.755. The van der Waals surface area contributed by atoms with Crippen LogP contribution in [0.2, 0.25) is 0 Å². The number of piperazine rings is 1. The maximum atomic E-state index is 12.3. The first kappa shape index (κ1) is 13.3. The molecule has 0 aromatic rings. The summed E-state index contributed by atoms with van der Waals surface area (Å²) in [6.07, 6.45) is 0.225. The molecule has 2 fully saturated rings. The Hall–Kier alpha value is -1.14. The fourth-order valence-electron chi connectivity index (χ4n) is 2.39. The van der Waals surface area contributed by atoms with Crippen LogP contribution in [0.15, 0.2) is 0 Å². The van der Waals surface area contributed by atoms with E-state index in [1.54, 1.807) is 4.90 Å². The maximum Gasteiger partial charge on any atom is 0.246 e. The Labute approximate surface area is 107 Å². The molecule has 0 saturated carbocycles. The second-order valence-corrected chi connectivity index (χ2v) is 5.20. The van der Waals surface area contributed by atoms with Crippen LogP contribution in [-0.4, -0.2) is 55.3 Å². The fraction of sp³-hybridized carbons (Fsp3) is 0.833. The highest BCUT2D eigenvalue weighted by Crippen LogP contribution is 2.20. The standard InChI is InChI=1S/C12H20N2O4/c1-7(2)4-8-12(16)14-5-10(17-3)18-6-9(14)11(15)13-8/h7-10H,4-6H2,1-3H3,(H,13,15)/t8-,9-,10?/m0/s1. The summed E-state index contributed by atoms with van der Waals surface area (Å²) >= 11 is 0. The lowest BCUT2D eigenvalue weighted by Gasteiger charge is -2.43. The summed E-state index contributed by atoms with van der Waals surface area (Å²) in [4.78, 5) is 25.8. The molecule has 18 heavy (non-hydrogen) atoms. The topological polar surface area (TPSA) is 67.9 Å². The van der Waals surface area contributed by atoms with Crippen LogP contribution in [0.5, 0.6) is 0 Å². The Kier molecular flexibility index (Phi) is 3.87. The molecule has 2 amide bonds. The van der Waals surface area contributed by atoms with E-state index in [1.807, 2.05) is 13.8 Å². The molecule has 2 heterocycles. The van der Waals surface area contributed by atoms with E-state index < -0.39 is 18.4 Å². The number of rotatable bonds is 3. The molecule has 0 aliphatic carbocycles. The number of hydrogen-bond acceptors (Lipinski definition) is 4. The first-order valence-electron chi connectivity index (χ1n) is 6.28. The summed E-state index contributed by atoms with van der Waals surface area (Å²) in [6.45, 7) is 4.58.